The lowest BCUT2D eigenvalue weighted by Crippen LogP contribution is -1.98. The second kappa shape index (κ2) is 7.76. The summed E-state index contributed by atoms with van der Waals surface area (Å²) in [5, 5.41) is 0. The van der Waals surface area contributed by atoms with Crippen molar-refractivity contribution in [3.63, 3.8) is 0 Å². The fourth-order valence-corrected chi connectivity index (χ4v) is 1.55. The molecule has 0 aliphatic carbocycles. The van der Waals surface area contributed by atoms with Gasteiger partial charge in [-0.1, -0.05) is 31.6 Å². The second-order valence-corrected chi connectivity index (χ2v) is 4.04. The molecule has 2 N–H and O–H groups in total. The Kier molecular flexibility index (Phi) is 6.21. The van der Waals surface area contributed by atoms with E-state index in [1.54, 1.807) is 0 Å². The summed E-state index contributed by atoms with van der Waals surface area (Å²) in [6.45, 7) is 5.42. The minimum absolute atomic E-state index is 0.398. The van der Waals surface area contributed by atoms with Gasteiger partial charge in [-0.2, -0.15) is 0 Å². The average Bonchev–Trinajstić information content (AvgIpc) is 2.34. The number of hydrogen-bond acceptors (Lipinski definition) is 2. The highest BCUT2D eigenvalue weighted by Crippen LogP contribution is 2.17. The van der Waals surface area contributed by atoms with Gasteiger partial charge in [0, 0.05) is 5.56 Å². The van der Waals surface area contributed by atoms with E-state index >= 15 is 0 Å². The number of unbranched alkanes of at least 4 members (excludes halogenated alkanes) is 2. The summed E-state index contributed by atoms with van der Waals surface area (Å²) in [5.74, 6) is 6.84. The first-order valence-corrected chi connectivity index (χ1v) is 6.20. The van der Waals surface area contributed by atoms with Gasteiger partial charge in [0.2, 0.25) is 0 Å². The highest BCUT2D eigenvalue weighted by molar-refractivity contribution is 5.44. The number of aryl methyl sites for hydroxylation is 1. The summed E-state index contributed by atoms with van der Waals surface area (Å²) in [6, 6.07) is 6.00. The van der Waals surface area contributed by atoms with Crippen molar-refractivity contribution in [3.8, 4) is 17.6 Å². The molecule has 0 radical (unpaired) electrons. The van der Waals surface area contributed by atoms with Crippen LogP contribution in [-0.4, -0.2) is 13.2 Å². The molecule has 2 nitrogen and oxygen atoms in total. The smallest absolute Gasteiger partial charge is 0.119 e. The lowest BCUT2D eigenvalue weighted by atomic mass is 10.1. The van der Waals surface area contributed by atoms with Crippen molar-refractivity contribution in [1.82, 2.24) is 0 Å². The van der Waals surface area contributed by atoms with Crippen LogP contribution in [0, 0.1) is 18.8 Å². The quantitative estimate of drug-likeness (QED) is 0.624. The largest absolute Gasteiger partial charge is 0.494 e. The molecule has 0 saturated carbocycles. The Labute approximate surface area is 104 Å². The van der Waals surface area contributed by atoms with Gasteiger partial charge in [0.1, 0.15) is 5.75 Å². The van der Waals surface area contributed by atoms with Crippen molar-refractivity contribution in [2.45, 2.75) is 33.1 Å². The minimum Gasteiger partial charge on any atom is -0.494 e. The lowest BCUT2D eigenvalue weighted by molar-refractivity contribution is 0.306. The van der Waals surface area contributed by atoms with Crippen LogP contribution in [-0.2, 0) is 0 Å². The molecule has 2 heteroatoms. The molecule has 0 aliphatic rings. The van der Waals surface area contributed by atoms with E-state index in [1.165, 1.54) is 12.8 Å². The van der Waals surface area contributed by atoms with E-state index in [1.807, 2.05) is 25.1 Å². The number of nitrogens with two attached hydrogens (primary N) is 1. The van der Waals surface area contributed by atoms with Gasteiger partial charge in [-0.25, -0.2) is 0 Å². The lowest BCUT2D eigenvalue weighted by Gasteiger charge is -2.07. The molecular formula is C15H21NO. The van der Waals surface area contributed by atoms with E-state index in [9.17, 15) is 0 Å². The summed E-state index contributed by atoms with van der Waals surface area (Å²) in [7, 11) is 0. The molecule has 0 saturated heterocycles. The fourth-order valence-electron chi connectivity index (χ4n) is 1.55. The monoisotopic (exact) mass is 231 g/mol. The Bertz CT molecular complexity index is 401. The summed E-state index contributed by atoms with van der Waals surface area (Å²) in [5.41, 5.74) is 7.51. The SMILES string of the molecule is CCCCCOc1ccc(C#CCN)c(C)c1. The third-order valence-corrected chi connectivity index (χ3v) is 2.54. The molecule has 1 rings (SSSR count). The molecular weight excluding hydrogens is 210 g/mol. The molecule has 0 heterocycles. The maximum atomic E-state index is 5.68. The Hall–Kier alpha value is -1.46. The molecule has 0 fully saturated rings. The maximum absolute atomic E-state index is 5.68. The van der Waals surface area contributed by atoms with Crippen LogP contribution in [0.25, 0.3) is 0 Å². The minimum atomic E-state index is 0.398. The normalized spacial score (nSPS) is 9.59. The standard InChI is InChI=1S/C15H21NO/c1-3-4-5-11-17-15-9-8-14(7-6-10-16)13(2)12-15/h8-9,12H,3-5,10-11,16H2,1-2H3. The van der Waals surface area contributed by atoms with Gasteiger partial charge >= 0.3 is 0 Å². The van der Waals surface area contributed by atoms with Gasteiger partial charge in [-0.15, -0.1) is 0 Å². The van der Waals surface area contributed by atoms with E-state index in [0.717, 1.165) is 29.9 Å². The van der Waals surface area contributed by atoms with Crippen LogP contribution in [0.5, 0.6) is 5.75 Å². The molecule has 92 valence electrons. The second-order valence-electron chi connectivity index (χ2n) is 4.04. The Morgan fingerprint density at radius 1 is 1.29 bits per heavy atom. The van der Waals surface area contributed by atoms with E-state index in [4.69, 9.17) is 10.5 Å². The summed E-state index contributed by atoms with van der Waals surface area (Å²) >= 11 is 0. The zero-order chi connectivity index (χ0) is 12.5. The average molecular weight is 231 g/mol. The third kappa shape index (κ3) is 4.93. The van der Waals surface area contributed by atoms with Gasteiger partial charge in [0.25, 0.3) is 0 Å². The molecule has 0 atom stereocenters. The molecule has 0 bridgehead atoms. The molecule has 17 heavy (non-hydrogen) atoms. The van der Waals surface area contributed by atoms with Gasteiger partial charge in [0.05, 0.1) is 13.2 Å². The first-order chi connectivity index (χ1) is 8.27. The summed E-state index contributed by atoms with van der Waals surface area (Å²) < 4.78 is 5.68. The predicted molar refractivity (Wildman–Crippen MR) is 72.1 cm³/mol. The zero-order valence-corrected chi connectivity index (χ0v) is 10.8. The van der Waals surface area contributed by atoms with Crippen LogP contribution >= 0.6 is 0 Å². The van der Waals surface area contributed by atoms with Crippen molar-refractivity contribution in [2.75, 3.05) is 13.2 Å². The maximum Gasteiger partial charge on any atom is 0.119 e. The summed E-state index contributed by atoms with van der Waals surface area (Å²) in [4.78, 5) is 0. The predicted octanol–water partition coefficient (Wildman–Crippen LogP) is 2.87. The zero-order valence-electron chi connectivity index (χ0n) is 10.8. The van der Waals surface area contributed by atoms with Gasteiger partial charge in [0.15, 0.2) is 0 Å². The molecule has 0 spiro atoms. The highest BCUT2D eigenvalue weighted by Gasteiger charge is 1.98. The number of benzene rings is 1. The molecule has 0 unspecified atom stereocenters. The van der Waals surface area contributed by atoms with E-state index in [0.29, 0.717) is 6.54 Å². The van der Waals surface area contributed by atoms with Gasteiger partial charge in [-0.05, 0) is 37.1 Å². The van der Waals surface area contributed by atoms with Crippen LogP contribution in [0.15, 0.2) is 18.2 Å². The number of ether oxygens (including phenoxy) is 1. The molecule has 0 aromatic heterocycles. The van der Waals surface area contributed by atoms with Crippen LogP contribution in [0.3, 0.4) is 0 Å². The van der Waals surface area contributed by atoms with Crippen LogP contribution in [0.1, 0.15) is 37.3 Å². The Morgan fingerprint density at radius 2 is 2.12 bits per heavy atom. The number of rotatable bonds is 5. The van der Waals surface area contributed by atoms with Gasteiger partial charge in [-0.3, -0.25) is 0 Å². The molecule has 1 aromatic carbocycles. The van der Waals surface area contributed by atoms with Crippen molar-refractivity contribution in [1.29, 1.82) is 0 Å². The van der Waals surface area contributed by atoms with Crippen LogP contribution in [0.2, 0.25) is 0 Å². The first kappa shape index (κ1) is 13.6. The Morgan fingerprint density at radius 3 is 2.76 bits per heavy atom. The fraction of sp³-hybridized carbons (Fsp3) is 0.467. The molecule has 0 amide bonds. The van der Waals surface area contributed by atoms with Crippen molar-refractivity contribution >= 4 is 0 Å². The van der Waals surface area contributed by atoms with Crippen LogP contribution < -0.4 is 10.5 Å². The summed E-state index contributed by atoms with van der Waals surface area (Å²) in [6.07, 6.45) is 3.55. The third-order valence-electron chi connectivity index (χ3n) is 2.54. The molecule has 0 aliphatic heterocycles. The van der Waals surface area contributed by atoms with E-state index < -0.39 is 0 Å². The topological polar surface area (TPSA) is 35.2 Å². The van der Waals surface area contributed by atoms with Crippen molar-refractivity contribution in [3.05, 3.63) is 29.3 Å². The number of hydrogen-bond donors (Lipinski definition) is 1. The van der Waals surface area contributed by atoms with E-state index in [2.05, 4.69) is 18.8 Å². The molecule has 1 aromatic rings. The van der Waals surface area contributed by atoms with Gasteiger partial charge < -0.3 is 10.5 Å². The first-order valence-electron chi connectivity index (χ1n) is 6.20. The Balaban J connectivity index is 2.56. The highest BCUT2D eigenvalue weighted by atomic mass is 16.5. The van der Waals surface area contributed by atoms with Crippen molar-refractivity contribution < 1.29 is 4.74 Å². The van der Waals surface area contributed by atoms with Crippen LogP contribution in [0.4, 0.5) is 0 Å². The van der Waals surface area contributed by atoms with E-state index in [-0.39, 0.29) is 0 Å². The van der Waals surface area contributed by atoms with Crippen molar-refractivity contribution in [2.24, 2.45) is 5.73 Å².